The first-order chi connectivity index (χ1) is 15.2. The van der Waals surface area contributed by atoms with Crippen molar-refractivity contribution in [2.45, 2.75) is 59.4 Å². The Morgan fingerprint density at radius 2 is 1.66 bits per heavy atom. The molecule has 2 rings (SSSR count). The van der Waals surface area contributed by atoms with Gasteiger partial charge in [0.15, 0.2) is 0 Å². The van der Waals surface area contributed by atoms with Crippen LogP contribution >= 0.6 is 23.4 Å². The van der Waals surface area contributed by atoms with Gasteiger partial charge in [0.1, 0.15) is 6.04 Å². The summed E-state index contributed by atoms with van der Waals surface area (Å²) < 4.78 is 0. The number of hydrogen-bond donors (Lipinski definition) is 1. The molecular formula is C26H35ClN2O2S. The monoisotopic (exact) mass is 474 g/mol. The van der Waals surface area contributed by atoms with Crippen molar-refractivity contribution in [3.8, 4) is 0 Å². The number of hydrogen-bond acceptors (Lipinski definition) is 3. The predicted octanol–water partition coefficient (Wildman–Crippen LogP) is 5.77. The Hall–Kier alpha value is -1.98. The van der Waals surface area contributed by atoms with Gasteiger partial charge in [-0.1, -0.05) is 73.8 Å². The maximum atomic E-state index is 13.3. The highest BCUT2D eigenvalue weighted by atomic mass is 35.5. The lowest BCUT2D eigenvalue weighted by molar-refractivity contribution is -0.139. The molecule has 0 aliphatic heterocycles. The summed E-state index contributed by atoms with van der Waals surface area (Å²) in [5, 5.41) is 3.65. The summed E-state index contributed by atoms with van der Waals surface area (Å²) in [5.74, 6) is 1.32. The van der Waals surface area contributed by atoms with Gasteiger partial charge in [0.2, 0.25) is 11.8 Å². The third-order valence-electron chi connectivity index (χ3n) is 5.11. The molecule has 1 N–H and O–H groups in total. The Balaban J connectivity index is 2.12. The van der Waals surface area contributed by atoms with E-state index >= 15 is 0 Å². The van der Waals surface area contributed by atoms with Gasteiger partial charge in [-0.15, -0.1) is 11.8 Å². The molecule has 2 aromatic carbocycles. The molecule has 0 heterocycles. The molecule has 0 saturated heterocycles. The van der Waals surface area contributed by atoms with E-state index in [0.717, 1.165) is 11.3 Å². The lowest BCUT2D eigenvalue weighted by atomic mass is 10.1. The van der Waals surface area contributed by atoms with Gasteiger partial charge < -0.3 is 10.2 Å². The van der Waals surface area contributed by atoms with E-state index in [-0.39, 0.29) is 11.8 Å². The predicted molar refractivity (Wildman–Crippen MR) is 136 cm³/mol. The first kappa shape index (κ1) is 26.3. The number of rotatable bonds is 11. The normalized spacial score (nSPS) is 12.0. The molecule has 0 bridgehead atoms. The summed E-state index contributed by atoms with van der Waals surface area (Å²) in [4.78, 5) is 27.9. The molecule has 32 heavy (non-hydrogen) atoms. The third-order valence-corrected chi connectivity index (χ3v) is 6.35. The van der Waals surface area contributed by atoms with Gasteiger partial charge >= 0.3 is 0 Å². The number of aryl methyl sites for hydroxylation is 2. The Morgan fingerprint density at radius 1 is 1.03 bits per heavy atom. The van der Waals surface area contributed by atoms with Crippen molar-refractivity contribution in [3.05, 3.63) is 69.7 Å². The number of carbonyl (C=O) groups is 2. The van der Waals surface area contributed by atoms with Gasteiger partial charge in [-0.25, -0.2) is 0 Å². The summed E-state index contributed by atoms with van der Waals surface area (Å²) in [6, 6.07) is 13.4. The van der Waals surface area contributed by atoms with Gasteiger partial charge in [-0.05, 0) is 49.4 Å². The molecule has 174 valence electrons. The largest absolute Gasteiger partial charge is 0.354 e. The average molecular weight is 475 g/mol. The summed E-state index contributed by atoms with van der Waals surface area (Å²) in [6.45, 7) is 11.2. The minimum absolute atomic E-state index is 0.0270. The van der Waals surface area contributed by atoms with Gasteiger partial charge in [-0.2, -0.15) is 0 Å². The Bertz CT molecular complexity index is 879. The van der Waals surface area contributed by atoms with Crippen LogP contribution in [-0.4, -0.2) is 35.1 Å². The van der Waals surface area contributed by atoms with E-state index in [2.05, 4.69) is 51.2 Å². The average Bonchev–Trinajstić information content (AvgIpc) is 2.72. The molecular weight excluding hydrogens is 440 g/mol. The highest BCUT2D eigenvalue weighted by molar-refractivity contribution is 7.99. The summed E-state index contributed by atoms with van der Waals surface area (Å²) in [6.07, 6.45) is 0.561. The first-order valence-electron chi connectivity index (χ1n) is 11.2. The van der Waals surface area contributed by atoms with Crippen LogP contribution in [-0.2, 0) is 21.9 Å². The van der Waals surface area contributed by atoms with E-state index < -0.39 is 6.04 Å². The molecule has 2 amide bonds. The number of nitrogens with one attached hydrogen (secondary N) is 1. The summed E-state index contributed by atoms with van der Waals surface area (Å²) in [5.41, 5.74) is 4.62. The van der Waals surface area contributed by atoms with E-state index in [1.165, 1.54) is 16.7 Å². The highest BCUT2D eigenvalue weighted by Gasteiger charge is 2.28. The molecule has 0 radical (unpaired) electrons. The van der Waals surface area contributed by atoms with Crippen LogP contribution in [0.15, 0.2) is 42.5 Å². The zero-order valence-electron chi connectivity index (χ0n) is 19.8. The molecule has 6 heteroatoms. The molecule has 0 aliphatic rings. The van der Waals surface area contributed by atoms with Crippen molar-refractivity contribution in [1.29, 1.82) is 0 Å². The topological polar surface area (TPSA) is 49.4 Å². The number of nitrogens with zero attached hydrogens (tertiary/aromatic N) is 1. The molecule has 0 aromatic heterocycles. The molecule has 0 saturated carbocycles. The number of halogens is 1. The fourth-order valence-corrected chi connectivity index (χ4v) is 4.59. The number of amides is 2. The van der Waals surface area contributed by atoms with Crippen molar-refractivity contribution in [3.63, 3.8) is 0 Å². The van der Waals surface area contributed by atoms with E-state index in [4.69, 9.17) is 11.6 Å². The molecule has 1 atom stereocenters. The van der Waals surface area contributed by atoms with Crippen molar-refractivity contribution in [2.24, 2.45) is 5.92 Å². The molecule has 2 aromatic rings. The fourth-order valence-electron chi connectivity index (χ4n) is 3.62. The zero-order valence-corrected chi connectivity index (χ0v) is 21.4. The minimum atomic E-state index is -0.501. The summed E-state index contributed by atoms with van der Waals surface area (Å²) >= 11 is 7.61. The molecule has 0 fully saturated rings. The molecule has 1 unspecified atom stereocenters. The highest BCUT2D eigenvalue weighted by Crippen LogP contribution is 2.20. The fraction of sp³-hybridized carbons (Fsp3) is 0.462. The van der Waals surface area contributed by atoms with Gasteiger partial charge in [0.05, 0.1) is 5.75 Å². The van der Waals surface area contributed by atoms with E-state index in [9.17, 15) is 9.59 Å². The van der Waals surface area contributed by atoms with Crippen LogP contribution in [0, 0.1) is 19.8 Å². The Labute approximate surface area is 202 Å². The summed E-state index contributed by atoms with van der Waals surface area (Å²) in [7, 11) is 0. The van der Waals surface area contributed by atoms with Gasteiger partial charge in [-0.3, -0.25) is 9.59 Å². The smallest absolute Gasteiger partial charge is 0.242 e. The zero-order chi connectivity index (χ0) is 23.7. The molecule has 4 nitrogen and oxygen atoms in total. The van der Waals surface area contributed by atoms with Gasteiger partial charge in [0, 0.05) is 23.9 Å². The second-order valence-corrected chi connectivity index (χ2v) is 10.1. The third kappa shape index (κ3) is 8.51. The van der Waals surface area contributed by atoms with Crippen LogP contribution in [0.3, 0.4) is 0 Å². The maximum absolute atomic E-state index is 13.3. The van der Waals surface area contributed by atoms with Gasteiger partial charge in [0.25, 0.3) is 0 Å². The van der Waals surface area contributed by atoms with Crippen molar-refractivity contribution in [1.82, 2.24) is 10.2 Å². The lowest BCUT2D eigenvalue weighted by Crippen LogP contribution is -2.50. The van der Waals surface area contributed by atoms with Crippen LogP contribution in [0.2, 0.25) is 5.02 Å². The van der Waals surface area contributed by atoms with E-state index in [0.29, 0.717) is 36.2 Å². The van der Waals surface area contributed by atoms with E-state index in [1.807, 2.05) is 31.2 Å². The first-order valence-corrected chi connectivity index (χ1v) is 12.7. The number of benzene rings is 2. The Kier molecular flexibility index (Phi) is 10.6. The van der Waals surface area contributed by atoms with Crippen LogP contribution in [0.1, 0.15) is 49.4 Å². The lowest BCUT2D eigenvalue weighted by Gasteiger charge is -2.31. The second kappa shape index (κ2) is 12.9. The van der Waals surface area contributed by atoms with Crippen LogP contribution in [0.4, 0.5) is 0 Å². The quantitative estimate of drug-likeness (QED) is 0.449. The number of thioether (sulfide) groups is 1. The Morgan fingerprint density at radius 3 is 2.22 bits per heavy atom. The standard InChI is InChI=1S/C26H35ClN2O2S/c1-6-24(26(31)28-14-18(2)3)29(15-21-7-9-23(27)10-8-21)25(30)17-32-16-22-12-19(4)11-20(5)13-22/h7-13,18,24H,6,14-17H2,1-5H3,(H,28,31). The van der Waals surface area contributed by atoms with Crippen molar-refractivity contribution >= 4 is 35.2 Å². The van der Waals surface area contributed by atoms with Crippen LogP contribution < -0.4 is 5.32 Å². The van der Waals surface area contributed by atoms with Crippen LogP contribution in [0.5, 0.6) is 0 Å². The second-order valence-electron chi connectivity index (χ2n) is 8.70. The maximum Gasteiger partial charge on any atom is 0.242 e. The molecule has 0 spiro atoms. The molecule has 0 aliphatic carbocycles. The number of carbonyl (C=O) groups excluding carboxylic acids is 2. The van der Waals surface area contributed by atoms with E-state index in [1.54, 1.807) is 16.7 Å². The minimum Gasteiger partial charge on any atom is -0.354 e. The van der Waals surface area contributed by atoms with Crippen LogP contribution in [0.25, 0.3) is 0 Å². The SMILES string of the molecule is CCC(C(=O)NCC(C)C)N(Cc1ccc(Cl)cc1)C(=O)CSCc1cc(C)cc(C)c1. The van der Waals surface area contributed by atoms with Crippen molar-refractivity contribution in [2.75, 3.05) is 12.3 Å². The van der Waals surface area contributed by atoms with Crippen molar-refractivity contribution < 1.29 is 9.59 Å².